The van der Waals surface area contributed by atoms with Crippen LogP contribution in [0.25, 0.3) is 21.8 Å². The number of aryl methyl sites for hydroxylation is 1. The Morgan fingerprint density at radius 1 is 1.19 bits per heavy atom. The summed E-state index contributed by atoms with van der Waals surface area (Å²) in [7, 11) is 0. The van der Waals surface area contributed by atoms with E-state index in [-0.39, 0.29) is 0 Å². The van der Waals surface area contributed by atoms with Gasteiger partial charge in [-0.3, -0.25) is 0 Å². The number of nitrogens with zero attached hydrogens (tertiary/aromatic N) is 5. The highest BCUT2D eigenvalue weighted by Gasteiger charge is 2.23. The van der Waals surface area contributed by atoms with Crippen LogP contribution in [0.15, 0.2) is 48.1 Å². The number of anilines is 2. The van der Waals surface area contributed by atoms with Crippen LogP contribution in [0.4, 0.5) is 11.6 Å². The summed E-state index contributed by atoms with van der Waals surface area (Å²) in [6.45, 7) is 2.07. The van der Waals surface area contributed by atoms with Gasteiger partial charge in [0.25, 0.3) is 0 Å². The average Bonchev–Trinajstić information content (AvgIpc) is 3.36. The second-order valence-electron chi connectivity index (χ2n) is 5.56. The Bertz CT molecular complexity index is 1100. The van der Waals surface area contributed by atoms with Crippen molar-refractivity contribution in [3.8, 4) is 27.9 Å². The molecule has 1 aromatic carbocycles. The maximum absolute atomic E-state index is 9.62. The van der Waals surface area contributed by atoms with Crippen molar-refractivity contribution in [1.29, 1.82) is 5.26 Å². The summed E-state index contributed by atoms with van der Waals surface area (Å²) in [6, 6.07) is 12.0. The third-order valence-corrected chi connectivity index (χ3v) is 5.92. The molecule has 0 aliphatic carbocycles. The number of nitrogens with one attached hydrogen (secondary N) is 1. The third kappa shape index (κ3) is 3.43. The number of hydrogen-bond acceptors (Lipinski definition) is 8. The van der Waals surface area contributed by atoms with E-state index < -0.39 is 0 Å². The van der Waals surface area contributed by atoms with Crippen LogP contribution in [0, 0.1) is 11.3 Å². The lowest BCUT2D eigenvalue weighted by Gasteiger charge is -2.07. The fourth-order valence-electron chi connectivity index (χ4n) is 2.76. The van der Waals surface area contributed by atoms with Crippen molar-refractivity contribution < 1.29 is 0 Å². The van der Waals surface area contributed by atoms with E-state index >= 15 is 0 Å². The normalized spacial score (nSPS) is 10.5. The molecule has 4 rings (SSSR count). The quantitative estimate of drug-likeness (QED) is 0.521. The van der Waals surface area contributed by atoms with E-state index in [9.17, 15) is 5.26 Å². The van der Waals surface area contributed by atoms with Gasteiger partial charge in [-0.05, 0) is 18.6 Å². The van der Waals surface area contributed by atoms with Gasteiger partial charge in [-0.2, -0.15) is 10.4 Å². The molecule has 3 aromatic heterocycles. The van der Waals surface area contributed by atoms with Gasteiger partial charge in [-0.15, -0.1) is 27.8 Å². The van der Waals surface area contributed by atoms with E-state index in [0.29, 0.717) is 16.5 Å². The van der Waals surface area contributed by atoms with Gasteiger partial charge in [0.2, 0.25) is 5.95 Å². The number of nitriles is 1. The molecule has 0 bridgehead atoms. The van der Waals surface area contributed by atoms with Crippen molar-refractivity contribution in [2.75, 3.05) is 5.32 Å². The predicted molar refractivity (Wildman–Crippen MR) is 108 cm³/mol. The van der Waals surface area contributed by atoms with Crippen LogP contribution in [-0.2, 0) is 6.42 Å². The molecule has 4 aromatic rings. The molecule has 27 heavy (non-hydrogen) atoms. The first-order chi connectivity index (χ1) is 13.3. The summed E-state index contributed by atoms with van der Waals surface area (Å²) in [5.74, 6) is 0.413. The standard InChI is InChI=1S/C19H14N6S2/c1-2-14-16(17(15(10-20)27-14)18-21-8-9-26-18)13-11-22-25-19(24-13)23-12-6-4-3-5-7-12/h3-9,11H,2H2,1H3,(H,23,24,25). The van der Waals surface area contributed by atoms with E-state index in [4.69, 9.17) is 0 Å². The van der Waals surface area contributed by atoms with Crippen molar-refractivity contribution in [1.82, 2.24) is 20.2 Å². The highest BCUT2D eigenvalue weighted by atomic mass is 32.1. The summed E-state index contributed by atoms with van der Waals surface area (Å²) in [6.07, 6.45) is 4.18. The molecular formula is C19H14N6S2. The van der Waals surface area contributed by atoms with E-state index in [0.717, 1.165) is 33.1 Å². The van der Waals surface area contributed by atoms with Gasteiger partial charge in [0.15, 0.2) is 0 Å². The minimum Gasteiger partial charge on any atom is -0.323 e. The van der Waals surface area contributed by atoms with Crippen LogP contribution in [-0.4, -0.2) is 20.2 Å². The van der Waals surface area contributed by atoms with Crippen molar-refractivity contribution >= 4 is 34.3 Å². The first-order valence-corrected chi connectivity index (χ1v) is 9.97. The van der Waals surface area contributed by atoms with Crippen LogP contribution in [0.1, 0.15) is 16.7 Å². The van der Waals surface area contributed by atoms with E-state index in [2.05, 4.69) is 38.5 Å². The highest BCUT2D eigenvalue weighted by Crippen LogP contribution is 2.43. The molecule has 0 fully saturated rings. The Hall–Kier alpha value is -3.15. The monoisotopic (exact) mass is 390 g/mol. The molecular weight excluding hydrogens is 376 g/mol. The summed E-state index contributed by atoms with van der Waals surface area (Å²) in [4.78, 5) is 10.8. The highest BCUT2D eigenvalue weighted by molar-refractivity contribution is 7.16. The van der Waals surface area contributed by atoms with Gasteiger partial charge < -0.3 is 5.32 Å². The Labute approximate surface area is 164 Å². The lowest BCUT2D eigenvalue weighted by molar-refractivity contribution is 0.981. The van der Waals surface area contributed by atoms with Gasteiger partial charge in [-0.25, -0.2) is 9.97 Å². The number of aromatic nitrogens is 4. The van der Waals surface area contributed by atoms with Crippen molar-refractivity contribution in [3.63, 3.8) is 0 Å². The summed E-state index contributed by atoms with van der Waals surface area (Å²) >= 11 is 3.00. The molecule has 0 unspecified atom stereocenters. The van der Waals surface area contributed by atoms with Gasteiger partial charge in [0.1, 0.15) is 16.0 Å². The molecule has 0 aliphatic heterocycles. The first kappa shape index (κ1) is 17.3. The minimum atomic E-state index is 0.413. The smallest absolute Gasteiger partial charge is 0.247 e. The second-order valence-corrected chi connectivity index (χ2v) is 7.56. The Morgan fingerprint density at radius 2 is 2.04 bits per heavy atom. The Morgan fingerprint density at radius 3 is 2.74 bits per heavy atom. The molecule has 132 valence electrons. The number of thiophene rings is 1. The predicted octanol–water partition coefficient (Wildman–Crippen LogP) is 4.90. The first-order valence-electron chi connectivity index (χ1n) is 8.28. The zero-order chi connectivity index (χ0) is 18.6. The molecule has 0 saturated carbocycles. The maximum Gasteiger partial charge on any atom is 0.247 e. The molecule has 8 heteroatoms. The number of hydrogen-bond donors (Lipinski definition) is 1. The Balaban J connectivity index is 1.83. The van der Waals surface area contributed by atoms with E-state index in [1.807, 2.05) is 35.7 Å². The summed E-state index contributed by atoms with van der Waals surface area (Å²) in [5.41, 5.74) is 3.32. The van der Waals surface area contributed by atoms with Crippen molar-refractivity contribution in [2.24, 2.45) is 0 Å². The van der Waals surface area contributed by atoms with E-state index in [1.165, 1.54) is 22.7 Å². The minimum absolute atomic E-state index is 0.413. The van der Waals surface area contributed by atoms with Crippen LogP contribution in [0.5, 0.6) is 0 Å². The third-order valence-electron chi connectivity index (χ3n) is 3.89. The fraction of sp³-hybridized carbons (Fsp3) is 0.105. The zero-order valence-corrected chi connectivity index (χ0v) is 16.0. The molecule has 0 spiro atoms. The van der Waals surface area contributed by atoms with Crippen molar-refractivity contribution in [2.45, 2.75) is 13.3 Å². The van der Waals surface area contributed by atoms with Crippen LogP contribution in [0.2, 0.25) is 0 Å². The lowest BCUT2D eigenvalue weighted by atomic mass is 10.0. The van der Waals surface area contributed by atoms with Crippen LogP contribution >= 0.6 is 22.7 Å². The summed E-state index contributed by atoms with van der Waals surface area (Å²) < 4.78 is 0. The van der Waals surface area contributed by atoms with Gasteiger partial charge in [0.05, 0.1) is 11.9 Å². The van der Waals surface area contributed by atoms with Gasteiger partial charge in [-0.1, -0.05) is 25.1 Å². The van der Waals surface area contributed by atoms with Gasteiger partial charge >= 0.3 is 0 Å². The molecule has 0 atom stereocenters. The molecule has 1 N–H and O–H groups in total. The molecule has 3 heterocycles. The van der Waals surface area contributed by atoms with Crippen molar-refractivity contribution in [3.05, 3.63) is 57.9 Å². The van der Waals surface area contributed by atoms with Crippen LogP contribution in [0.3, 0.4) is 0 Å². The molecule has 0 radical (unpaired) electrons. The topological polar surface area (TPSA) is 87.4 Å². The summed E-state index contributed by atoms with van der Waals surface area (Å²) in [5, 5.41) is 23.7. The number of thiazole rings is 1. The number of rotatable bonds is 5. The van der Waals surface area contributed by atoms with Crippen LogP contribution < -0.4 is 5.32 Å². The lowest BCUT2D eigenvalue weighted by Crippen LogP contribution is -2.00. The zero-order valence-electron chi connectivity index (χ0n) is 14.4. The largest absolute Gasteiger partial charge is 0.323 e. The Kier molecular flexibility index (Phi) is 4.87. The SMILES string of the molecule is CCc1sc(C#N)c(-c2nccs2)c1-c1cnnc(Nc2ccccc2)n1. The fourth-order valence-corrected chi connectivity index (χ4v) is 4.56. The molecule has 0 aliphatic rings. The van der Waals surface area contributed by atoms with Gasteiger partial charge in [0, 0.05) is 33.3 Å². The molecule has 0 amide bonds. The van der Waals surface area contributed by atoms with E-state index in [1.54, 1.807) is 12.4 Å². The number of para-hydroxylation sites is 1. The maximum atomic E-state index is 9.62. The average molecular weight is 390 g/mol. The number of benzene rings is 1. The molecule has 0 saturated heterocycles. The molecule has 6 nitrogen and oxygen atoms in total. The second kappa shape index (κ2) is 7.61.